The van der Waals surface area contributed by atoms with E-state index in [1.165, 1.54) is 64.2 Å². The second-order valence-electron chi connectivity index (χ2n) is 15.4. The third-order valence-electron chi connectivity index (χ3n) is 13.1. The second kappa shape index (κ2) is 16.3. The molecule has 0 aromatic rings. The monoisotopic (exact) mass is 593 g/mol. The van der Waals surface area contributed by atoms with Crippen LogP contribution >= 0.6 is 0 Å². The number of hydrogen-bond acceptors (Lipinski definition) is 7. The Kier molecular flexibility index (Phi) is 13.4. The molecule has 0 saturated heterocycles. The highest BCUT2D eigenvalue weighted by atomic mass is 16.6. The van der Waals surface area contributed by atoms with Gasteiger partial charge in [-0.15, -0.1) is 0 Å². The van der Waals surface area contributed by atoms with Gasteiger partial charge < -0.3 is 36.6 Å². The lowest BCUT2D eigenvalue weighted by atomic mass is 9.43. The number of methoxy groups -OCH3 is 1. The van der Waals surface area contributed by atoms with E-state index < -0.39 is 6.29 Å². The quantitative estimate of drug-likeness (QED) is 0.101. The van der Waals surface area contributed by atoms with Crippen LogP contribution in [-0.2, 0) is 4.74 Å². The van der Waals surface area contributed by atoms with Gasteiger partial charge in [-0.25, -0.2) is 0 Å². The Balaban J connectivity index is 1.20. The number of hydrogen-bond donors (Lipinski definition) is 6. The molecule has 0 bridgehead atoms. The summed E-state index contributed by atoms with van der Waals surface area (Å²) in [5, 5.41) is 32.7. The zero-order valence-electron chi connectivity index (χ0n) is 27.7. The van der Waals surface area contributed by atoms with E-state index in [1.54, 1.807) is 7.11 Å². The van der Waals surface area contributed by atoms with E-state index in [9.17, 15) is 10.2 Å². The van der Waals surface area contributed by atoms with Crippen LogP contribution in [0.1, 0.15) is 111 Å². The fourth-order valence-corrected chi connectivity index (χ4v) is 10.6. The van der Waals surface area contributed by atoms with E-state index in [0.29, 0.717) is 52.4 Å². The molecule has 42 heavy (non-hydrogen) atoms. The number of nitrogens with one attached hydrogen (secondary N) is 3. The van der Waals surface area contributed by atoms with Crippen molar-refractivity contribution in [1.29, 1.82) is 0 Å². The van der Waals surface area contributed by atoms with Crippen LogP contribution in [0.3, 0.4) is 0 Å². The lowest BCUT2D eigenvalue weighted by molar-refractivity contribution is -0.167. The molecular weight excluding hydrogens is 524 g/mol. The first-order valence-electron chi connectivity index (χ1n) is 18.0. The molecule has 7 nitrogen and oxygen atoms in total. The van der Waals surface area contributed by atoms with Gasteiger partial charge in [0.25, 0.3) is 0 Å². The molecule has 0 aliphatic heterocycles. The van der Waals surface area contributed by atoms with Crippen molar-refractivity contribution in [2.24, 2.45) is 52.1 Å². The summed E-state index contributed by atoms with van der Waals surface area (Å²) in [4.78, 5) is 0. The first-order valence-corrected chi connectivity index (χ1v) is 18.0. The van der Waals surface area contributed by atoms with Gasteiger partial charge in [0.05, 0.1) is 6.10 Å². The summed E-state index contributed by atoms with van der Waals surface area (Å²) < 4.78 is 5.12. The summed E-state index contributed by atoms with van der Waals surface area (Å²) in [7, 11) is 1.60. The van der Waals surface area contributed by atoms with Crippen molar-refractivity contribution in [3.63, 3.8) is 0 Å². The third-order valence-corrected chi connectivity index (χ3v) is 13.1. The maximum absolute atomic E-state index is 11.7. The van der Waals surface area contributed by atoms with Gasteiger partial charge in [0, 0.05) is 13.2 Å². The standard InChI is InChI=1S/C35H68N4O3/c1-25(9-12-32(41)42-4)28-10-11-29-33-30(14-16-35(28,29)3)34(2)15-13-27(23-26(34)24-31(33)40)39-22-8-21-38-19-6-5-18-37-20-7-17-36/h25-33,37-41H,5-24,36H2,1-4H3/t25?,26-,27-,28+,29?,30?,31+,32?,33?,34-,35+/m0/s1. The summed E-state index contributed by atoms with van der Waals surface area (Å²) in [5.74, 6) is 3.74. The van der Waals surface area contributed by atoms with Crippen molar-refractivity contribution in [1.82, 2.24) is 16.0 Å². The van der Waals surface area contributed by atoms with Gasteiger partial charge >= 0.3 is 0 Å². The average Bonchev–Trinajstić information content (AvgIpc) is 3.34. The van der Waals surface area contributed by atoms with E-state index in [4.69, 9.17) is 10.5 Å². The summed E-state index contributed by atoms with van der Waals surface area (Å²) in [6, 6.07) is 0.611. The van der Waals surface area contributed by atoms with Gasteiger partial charge in [-0.1, -0.05) is 20.8 Å². The number of rotatable bonds is 18. The fraction of sp³-hybridized carbons (Fsp3) is 1.00. The van der Waals surface area contributed by atoms with Gasteiger partial charge in [0.15, 0.2) is 6.29 Å². The molecule has 4 aliphatic rings. The Morgan fingerprint density at radius 1 is 0.833 bits per heavy atom. The number of nitrogens with two attached hydrogens (primary N) is 1. The van der Waals surface area contributed by atoms with Crippen LogP contribution in [0.4, 0.5) is 0 Å². The molecule has 5 unspecified atom stereocenters. The molecule has 11 atom stereocenters. The van der Waals surface area contributed by atoms with Crippen molar-refractivity contribution in [2.45, 2.75) is 129 Å². The fourth-order valence-electron chi connectivity index (χ4n) is 10.6. The third kappa shape index (κ3) is 8.10. The molecule has 0 aromatic heterocycles. The topological polar surface area (TPSA) is 112 Å². The van der Waals surface area contributed by atoms with Gasteiger partial charge in [-0.2, -0.15) is 0 Å². The molecule has 4 aliphatic carbocycles. The molecule has 7 N–H and O–H groups in total. The Labute approximate surface area is 258 Å². The average molecular weight is 593 g/mol. The smallest absolute Gasteiger partial charge is 0.154 e. The van der Waals surface area contributed by atoms with Crippen molar-refractivity contribution >= 4 is 0 Å². The highest BCUT2D eigenvalue weighted by Crippen LogP contribution is 2.68. The zero-order chi connectivity index (χ0) is 30.2. The molecular formula is C35H68N4O3. The Morgan fingerprint density at radius 2 is 1.50 bits per heavy atom. The van der Waals surface area contributed by atoms with Gasteiger partial charge in [0.2, 0.25) is 0 Å². The minimum absolute atomic E-state index is 0.138. The van der Waals surface area contributed by atoms with Crippen molar-refractivity contribution in [2.75, 3.05) is 46.4 Å². The van der Waals surface area contributed by atoms with Crippen LogP contribution in [0.5, 0.6) is 0 Å². The predicted molar refractivity (Wildman–Crippen MR) is 173 cm³/mol. The largest absolute Gasteiger partial charge is 0.393 e. The molecule has 0 amide bonds. The molecule has 4 fully saturated rings. The van der Waals surface area contributed by atoms with Crippen LogP contribution < -0.4 is 21.7 Å². The Morgan fingerprint density at radius 3 is 2.21 bits per heavy atom. The Bertz CT molecular complexity index is 787. The summed E-state index contributed by atoms with van der Waals surface area (Å²) in [6.45, 7) is 13.8. The first kappa shape index (κ1) is 34.6. The molecule has 4 rings (SSSR count). The van der Waals surface area contributed by atoms with Gasteiger partial charge in [-0.05, 0) is 175 Å². The zero-order valence-corrected chi connectivity index (χ0v) is 27.7. The van der Waals surface area contributed by atoms with Gasteiger partial charge in [-0.3, -0.25) is 0 Å². The summed E-state index contributed by atoms with van der Waals surface area (Å²) in [5.41, 5.74) is 6.25. The molecule has 0 aromatic carbocycles. The first-order chi connectivity index (χ1) is 20.2. The lowest BCUT2D eigenvalue weighted by Crippen LogP contribution is -2.59. The van der Waals surface area contributed by atoms with E-state index in [-0.39, 0.29) is 6.10 Å². The molecule has 0 spiro atoms. The minimum Gasteiger partial charge on any atom is -0.393 e. The molecule has 246 valence electrons. The molecule has 4 saturated carbocycles. The van der Waals surface area contributed by atoms with E-state index in [2.05, 4.69) is 36.7 Å². The SMILES string of the molecule is COC(O)CCC(C)[C@H]1CCC2C3C(CC[C@@]21C)[C@@]1(C)CC[C@H](NCCCNCCCCNCCCN)C[C@H]1C[C@H]3O. The normalized spacial score (nSPS) is 39.4. The molecule has 0 heterocycles. The number of fused-ring (bicyclic) bond motifs is 5. The highest BCUT2D eigenvalue weighted by Gasteiger charge is 2.62. The van der Waals surface area contributed by atoms with E-state index in [0.717, 1.165) is 65.0 Å². The number of aliphatic hydroxyl groups is 2. The predicted octanol–water partition coefficient (Wildman–Crippen LogP) is 4.65. The number of unbranched alkanes of at least 4 members (excludes halogenated alkanes) is 1. The molecule has 0 radical (unpaired) electrons. The van der Waals surface area contributed by atoms with Crippen molar-refractivity contribution in [3.05, 3.63) is 0 Å². The highest BCUT2D eigenvalue weighted by molar-refractivity contribution is 5.12. The Hall–Kier alpha value is -0.280. The number of aliphatic hydroxyl groups excluding tert-OH is 2. The van der Waals surface area contributed by atoms with Gasteiger partial charge in [0.1, 0.15) is 0 Å². The van der Waals surface area contributed by atoms with Crippen LogP contribution in [0.25, 0.3) is 0 Å². The van der Waals surface area contributed by atoms with Crippen LogP contribution in [-0.4, -0.2) is 75.0 Å². The van der Waals surface area contributed by atoms with Crippen LogP contribution in [0.2, 0.25) is 0 Å². The lowest BCUT2D eigenvalue weighted by Gasteiger charge is -2.62. The maximum atomic E-state index is 11.7. The molecule has 7 heteroatoms. The van der Waals surface area contributed by atoms with Crippen LogP contribution in [0.15, 0.2) is 0 Å². The number of ether oxygens (including phenoxy) is 1. The van der Waals surface area contributed by atoms with Crippen molar-refractivity contribution < 1.29 is 14.9 Å². The maximum Gasteiger partial charge on any atom is 0.154 e. The van der Waals surface area contributed by atoms with Crippen LogP contribution in [0, 0.1) is 46.3 Å². The van der Waals surface area contributed by atoms with E-state index in [1.807, 2.05) is 0 Å². The summed E-state index contributed by atoms with van der Waals surface area (Å²) in [6.07, 6.45) is 15.7. The summed E-state index contributed by atoms with van der Waals surface area (Å²) >= 11 is 0. The van der Waals surface area contributed by atoms with E-state index >= 15 is 0 Å². The minimum atomic E-state index is -0.638. The second-order valence-corrected chi connectivity index (χ2v) is 15.4. The van der Waals surface area contributed by atoms with Crippen molar-refractivity contribution in [3.8, 4) is 0 Å².